The number of benzene rings is 3. The highest BCUT2D eigenvalue weighted by Crippen LogP contribution is 2.26. The minimum Gasteiger partial charge on any atom is -0.380 e. The first-order valence-electron chi connectivity index (χ1n) is 10.2. The molecule has 7 heteroatoms. The molecular formula is C25H28N2O4S. The molecule has 0 radical (unpaired) electrons. The van der Waals surface area contributed by atoms with Gasteiger partial charge < -0.3 is 10.1 Å². The van der Waals surface area contributed by atoms with Crippen molar-refractivity contribution in [1.29, 1.82) is 0 Å². The van der Waals surface area contributed by atoms with Crippen molar-refractivity contribution in [3.8, 4) is 0 Å². The number of nitrogens with one attached hydrogen (secondary N) is 1. The lowest BCUT2D eigenvalue weighted by atomic mass is 10.1. The van der Waals surface area contributed by atoms with E-state index in [1.165, 1.54) is 10.6 Å². The summed E-state index contributed by atoms with van der Waals surface area (Å²) in [6.45, 7) is 4.52. The zero-order valence-electron chi connectivity index (χ0n) is 18.8. The van der Waals surface area contributed by atoms with Gasteiger partial charge in [-0.15, -0.1) is 0 Å². The molecule has 0 unspecified atom stereocenters. The van der Waals surface area contributed by atoms with E-state index in [0.29, 0.717) is 23.5 Å². The third kappa shape index (κ3) is 5.96. The molecule has 0 aliphatic rings. The first-order valence-corrected chi connectivity index (χ1v) is 12.1. The summed E-state index contributed by atoms with van der Waals surface area (Å²) in [6.07, 6.45) is 1.20. The van der Waals surface area contributed by atoms with Crippen LogP contribution in [0.25, 0.3) is 0 Å². The Labute approximate surface area is 189 Å². The average molecular weight is 453 g/mol. The first kappa shape index (κ1) is 23.5. The molecule has 0 heterocycles. The third-order valence-electron chi connectivity index (χ3n) is 5.06. The fourth-order valence-corrected chi connectivity index (χ4v) is 4.45. The topological polar surface area (TPSA) is 75.7 Å². The van der Waals surface area contributed by atoms with Gasteiger partial charge in [0.2, 0.25) is 10.0 Å². The van der Waals surface area contributed by atoms with Gasteiger partial charge in [-0.1, -0.05) is 42.0 Å². The fourth-order valence-electron chi connectivity index (χ4n) is 3.50. The summed E-state index contributed by atoms with van der Waals surface area (Å²) in [5, 5.41) is 2.88. The Hall–Kier alpha value is -3.16. The molecule has 0 fully saturated rings. The minimum atomic E-state index is -3.48. The molecule has 1 amide bonds. The molecule has 6 nitrogen and oxygen atoms in total. The smallest absolute Gasteiger partial charge is 0.255 e. The average Bonchev–Trinajstić information content (AvgIpc) is 2.73. The van der Waals surface area contributed by atoms with E-state index in [1.54, 1.807) is 31.4 Å². The zero-order chi connectivity index (χ0) is 23.3. The molecular weight excluding hydrogens is 424 g/mol. The first-order chi connectivity index (χ1) is 15.2. The molecule has 0 saturated carbocycles. The Bertz CT molecular complexity index is 1200. The molecule has 0 aliphatic carbocycles. The van der Waals surface area contributed by atoms with Crippen molar-refractivity contribution >= 4 is 27.3 Å². The number of carbonyl (C=O) groups excluding carboxylic acids is 1. The molecule has 32 heavy (non-hydrogen) atoms. The third-order valence-corrected chi connectivity index (χ3v) is 6.19. The van der Waals surface area contributed by atoms with Crippen molar-refractivity contribution in [1.82, 2.24) is 0 Å². The van der Waals surface area contributed by atoms with E-state index >= 15 is 0 Å². The van der Waals surface area contributed by atoms with E-state index in [9.17, 15) is 13.2 Å². The van der Waals surface area contributed by atoms with Crippen LogP contribution in [0.15, 0.2) is 66.7 Å². The highest BCUT2D eigenvalue weighted by molar-refractivity contribution is 7.92. The predicted octanol–water partition coefficient (Wildman–Crippen LogP) is 4.67. The summed E-state index contributed by atoms with van der Waals surface area (Å²) in [7, 11) is -1.86. The standard InChI is InChI=1S/C25H28N2O4S/c1-18-8-13-24(19(2)14-18)27(32(4,29)30)16-20-9-11-22(12-10-20)25(28)26-23-7-5-6-21(15-23)17-31-3/h5-15H,16-17H2,1-4H3,(H,26,28). The van der Waals surface area contributed by atoms with Gasteiger partial charge >= 0.3 is 0 Å². The number of aryl methyl sites for hydroxylation is 2. The highest BCUT2D eigenvalue weighted by atomic mass is 32.2. The summed E-state index contributed by atoms with van der Waals surface area (Å²) in [6, 6.07) is 20.1. The van der Waals surface area contributed by atoms with Crippen LogP contribution < -0.4 is 9.62 Å². The van der Waals surface area contributed by atoms with Crippen molar-refractivity contribution in [3.05, 3.63) is 94.5 Å². The van der Waals surface area contributed by atoms with Crippen molar-refractivity contribution in [3.63, 3.8) is 0 Å². The fraction of sp³-hybridized carbons (Fsp3) is 0.240. The van der Waals surface area contributed by atoms with Gasteiger partial charge in [0.1, 0.15) is 0 Å². The Morgan fingerprint density at radius 1 is 0.969 bits per heavy atom. The van der Waals surface area contributed by atoms with Crippen LogP contribution in [0.1, 0.15) is 32.6 Å². The van der Waals surface area contributed by atoms with Gasteiger partial charge in [0.15, 0.2) is 0 Å². The van der Waals surface area contributed by atoms with Crippen molar-refractivity contribution in [2.45, 2.75) is 27.0 Å². The SMILES string of the molecule is COCc1cccc(NC(=O)c2ccc(CN(c3ccc(C)cc3C)S(C)(=O)=O)cc2)c1. The number of amides is 1. The summed E-state index contributed by atoms with van der Waals surface area (Å²) < 4.78 is 31.5. The molecule has 0 spiro atoms. The zero-order valence-corrected chi connectivity index (χ0v) is 19.6. The lowest BCUT2D eigenvalue weighted by Crippen LogP contribution is -2.30. The van der Waals surface area contributed by atoms with Crippen LogP contribution in [-0.4, -0.2) is 27.7 Å². The van der Waals surface area contributed by atoms with Crippen LogP contribution in [0.3, 0.4) is 0 Å². The summed E-state index contributed by atoms with van der Waals surface area (Å²) in [5.74, 6) is -0.236. The number of methoxy groups -OCH3 is 1. The second kappa shape index (κ2) is 9.97. The Morgan fingerprint density at radius 3 is 2.31 bits per heavy atom. The number of nitrogens with zero attached hydrogens (tertiary/aromatic N) is 1. The molecule has 0 saturated heterocycles. The Morgan fingerprint density at radius 2 is 1.69 bits per heavy atom. The minimum absolute atomic E-state index is 0.184. The monoisotopic (exact) mass is 452 g/mol. The maximum Gasteiger partial charge on any atom is 0.255 e. The molecule has 168 valence electrons. The number of carbonyl (C=O) groups is 1. The van der Waals surface area contributed by atoms with Crippen LogP contribution in [0.5, 0.6) is 0 Å². The second-order valence-corrected chi connectivity index (χ2v) is 9.75. The van der Waals surface area contributed by atoms with E-state index in [4.69, 9.17) is 4.74 Å². The van der Waals surface area contributed by atoms with Gasteiger partial charge in [-0.25, -0.2) is 8.42 Å². The predicted molar refractivity (Wildman–Crippen MR) is 128 cm³/mol. The van der Waals surface area contributed by atoms with Crippen LogP contribution in [-0.2, 0) is 27.9 Å². The van der Waals surface area contributed by atoms with Crippen LogP contribution in [0.2, 0.25) is 0 Å². The largest absolute Gasteiger partial charge is 0.380 e. The number of anilines is 2. The molecule has 1 N–H and O–H groups in total. The van der Waals surface area contributed by atoms with Crippen LogP contribution in [0.4, 0.5) is 11.4 Å². The van der Waals surface area contributed by atoms with E-state index in [2.05, 4.69) is 5.32 Å². The Kier molecular flexibility index (Phi) is 7.33. The van der Waals surface area contributed by atoms with Crippen molar-refractivity contribution in [2.75, 3.05) is 23.0 Å². The molecule has 3 aromatic rings. The molecule has 0 aromatic heterocycles. The van der Waals surface area contributed by atoms with Crippen molar-refractivity contribution < 1.29 is 17.9 Å². The van der Waals surface area contributed by atoms with Gasteiger partial charge in [-0.3, -0.25) is 9.10 Å². The molecule has 3 aromatic carbocycles. The molecule has 0 bridgehead atoms. The number of sulfonamides is 1. The van der Waals surface area contributed by atoms with E-state index in [1.807, 2.05) is 56.3 Å². The number of ether oxygens (including phenoxy) is 1. The number of rotatable bonds is 8. The van der Waals surface area contributed by atoms with Crippen LogP contribution >= 0.6 is 0 Å². The maximum absolute atomic E-state index is 12.6. The van der Waals surface area contributed by atoms with Crippen LogP contribution in [0, 0.1) is 13.8 Å². The van der Waals surface area contributed by atoms with Gasteiger partial charge in [-0.05, 0) is 60.9 Å². The highest BCUT2D eigenvalue weighted by Gasteiger charge is 2.20. The lowest BCUT2D eigenvalue weighted by Gasteiger charge is -2.24. The van der Waals surface area contributed by atoms with Gasteiger partial charge in [0, 0.05) is 18.4 Å². The maximum atomic E-state index is 12.6. The summed E-state index contributed by atoms with van der Waals surface area (Å²) >= 11 is 0. The molecule has 3 rings (SSSR count). The summed E-state index contributed by atoms with van der Waals surface area (Å²) in [5.41, 5.74) is 5.54. The molecule has 0 aliphatic heterocycles. The molecule has 0 atom stereocenters. The second-order valence-electron chi connectivity index (χ2n) is 7.84. The summed E-state index contributed by atoms with van der Waals surface area (Å²) in [4.78, 5) is 12.6. The van der Waals surface area contributed by atoms with E-state index in [0.717, 1.165) is 22.3 Å². The van der Waals surface area contributed by atoms with Crippen molar-refractivity contribution in [2.24, 2.45) is 0 Å². The Balaban J connectivity index is 1.76. The number of hydrogen-bond acceptors (Lipinski definition) is 4. The lowest BCUT2D eigenvalue weighted by molar-refractivity contribution is 0.102. The van der Waals surface area contributed by atoms with E-state index < -0.39 is 10.0 Å². The quantitative estimate of drug-likeness (QED) is 0.539. The van der Waals surface area contributed by atoms with E-state index in [-0.39, 0.29) is 12.5 Å². The van der Waals surface area contributed by atoms with Gasteiger partial charge in [-0.2, -0.15) is 0 Å². The van der Waals surface area contributed by atoms with Gasteiger partial charge in [0.25, 0.3) is 5.91 Å². The van der Waals surface area contributed by atoms with Gasteiger partial charge in [0.05, 0.1) is 25.1 Å². The normalized spacial score (nSPS) is 11.2. The number of hydrogen-bond donors (Lipinski definition) is 1.